The molecule has 1 aromatic heterocycles. The topological polar surface area (TPSA) is 53.2 Å². The first-order chi connectivity index (χ1) is 12.2. The van der Waals surface area contributed by atoms with E-state index in [2.05, 4.69) is 25.8 Å². The summed E-state index contributed by atoms with van der Waals surface area (Å²) in [4.78, 5) is 30.3. The average Bonchev–Trinajstić information content (AvgIpc) is 3.00. The van der Waals surface area contributed by atoms with Gasteiger partial charge in [0.05, 0.1) is 0 Å². The highest BCUT2D eigenvalue weighted by molar-refractivity contribution is 5.94. The summed E-state index contributed by atoms with van der Waals surface area (Å²) in [5.41, 5.74) is 2.91. The molecule has 1 aliphatic heterocycles. The number of benzene rings is 1. The van der Waals surface area contributed by atoms with Crippen LogP contribution >= 0.6 is 0 Å². The largest absolute Gasteiger partial charge is 0.335 e. The van der Waals surface area contributed by atoms with E-state index >= 15 is 0 Å². The maximum Gasteiger partial charge on any atom is 0.261 e. The highest BCUT2D eigenvalue weighted by atomic mass is 16.2. The molecule has 0 radical (unpaired) electrons. The summed E-state index contributed by atoms with van der Waals surface area (Å²) in [7, 11) is 0. The number of hydrogen-bond donors (Lipinski definition) is 1. The van der Waals surface area contributed by atoms with Crippen LogP contribution in [0.25, 0.3) is 11.3 Å². The first-order valence-electron chi connectivity index (χ1n) is 9.36. The molecular formula is C22H28N2O2. The predicted octanol–water partition coefficient (Wildman–Crippen LogP) is 4.39. The molecule has 4 heteroatoms. The molecule has 0 aliphatic carbocycles. The molecular weight excluding hydrogens is 324 g/mol. The summed E-state index contributed by atoms with van der Waals surface area (Å²) >= 11 is 0. The van der Waals surface area contributed by atoms with Gasteiger partial charge in [0.1, 0.15) is 5.56 Å². The number of aryl methyl sites for hydroxylation is 1. The Morgan fingerprint density at radius 1 is 1.23 bits per heavy atom. The van der Waals surface area contributed by atoms with Crippen molar-refractivity contribution in [3.05, 3.63) is 57.9 Å². The van der Waals surface area contributed by atoms with Crippen molar-refractivity contribution in [3.8, 4) is 11.3 Å². The second-order valence-electron chi connectivity index (χ2n) is 8.54. The Balaban J connectivity index is 1.85. The van der Waals surface area contributed by atoms with E-state index in [1.54, 1.807) is 6.07 Å². The molecule has 1 amide bonds. The van der Waals surface area contributed by atoms with Crippen molar-refractivity contribution < 1.29 is 4.79 Å². The van der Waals surface area contributed by atoms with Gasteiger partial charge in [-0.05, 0) is 55.4 Å². The molecule has 0 spiro atoms. The van der Waals surface area contributed by atoms with Crippen molar-refractivity contribution in [2.45, 2.75) is 53.0 Å². The summed E-state index contributed by atoms with van der Waals surface area (Å²) in [6.45, 7) is 9.33. The van der Waals surface area contributed by atoms with Crippen LogP contribution in [0.2, 0.25) is 0 Å². The van der Waals surface area contributed by atoms with Gasteiger partial charge in [-0.2, -0.15) is 0 Å². The molecule has 1 fully saturated rings. The number of nitrogens with zero attached hydrogens (tertiary/aromatic N) is 1. The lowest BCUT2D eigenvalue weighted by atomic mass is 9.87. The van der Waals surface area contributed by atoms with E-state index in [-0.39, 0.29) is 28.5 Å². The average molecular weight is 352 g/mol. The van der Waals surface area contributed by atoms with Crippen molar-refractivity contribution in [1.82, 2.24) is 9.88 Å². The molecule has 2 aromatic rings. The summed E-state index contributed by atoms with van der Waals surface area (Å²) in [5.74, 6) is -0.145. The smallest absolute Gasteiger partial charge is 0.261 e. The van der Waals surface area contributed by atoms with Gasteiger partial charge in [-0.15, -0.1) is 0 Å². The molecule has 138 valence electrons. The molecule has 2 heterocycles. The SMILES string of the molecule is Cc1cccc(-c2ccc(C(=O)N3CCCC3CC(C)(C)C)c(=O)[nH]2)c1. The van der Waals surface area contributed by atoms with E-state index in [0.717, 1.165) is 42.6 Å². The van der Waals surface area contributed by atoms with Crippen LogP contribution in [0.3, 0.4) is 0 Å². The number of nitrogens with one attached hydrogen (secondary N) is 1. The molecule has 0 saturated carbocycles. The van der Waals surface area contributed by atoms with E-state index in [0.29, 0.717) is 0 Å². The van der Waals surface area contributed by atoms with Crippen molar-refractivity contribution in [1.29, 1.82) is 0 Å². The lowest BCUT2D eigenvalue weighted by Crippen LogP contribution is -2.40. The van der Waals surface area contributed by atoms with Gasteiger partial charge in [0.15, 0.2) is 0 Å². The fraction of sp³-hybridized carbons (Fsp3) is 0.455. The molecule has 4 nitrogen and oxygen atoms in total. The number of amides is 1. The van der Waals surface area contributed by atoms with E-state index in [4.69, 9.17) is 0 Å². The normalized spacial score (nSPS) is 17.5. The Labute approximate surface area is 155 Å². The van der Waals surface area contributed by atoms with Gasteiger partial charge in [0, 0.05) is 18.3 Å². The van der Waals surface area contributed by atoms with Gasteiger partial charge in [-0.1, -0.05) is 44.5 Å². The molecule has 26 heavy (non-hydrogen) atoms. The van der Waals surface area contributed by atoms with Crippen LogP contribution in [-0.4, -0.2) is 28.4 Å². The number of carbonyl (C=O) groups excluding carboxylic acids is 1. The van der Waals surface area contributed by atoms with Crippen LogP contribution in [0, 0.1) is 12.3 Å². The Morgan fingerprint density at radius 2 is 2.00 bits per heavy atom. The Kier molecular flexibility index (Phi) is 5.03. The molecule has 1 atom stereocenters. The lowest BCUT2D eigenvalue weighted by molar-refractivity contribution is 0.0702. The number of pyridine rings is 1. The quantitative estimate of drug-likeness (QED) is 0.890. The maximum absolute atomic E-state index is 13.0. The van der Waals surface area contributed by atoms with Gasteiger partial charge in [0.25, 0.3) is 11.5 Å². The number of likely N-dealkylation sites (tertiary alicyclic amines) is 1. The van der Waals surface area contributed by atoms with E-state index < -0.39 is 0 Å². The number of H-pyrrole nitrogens is 1. The van der Waals surface area contributed by atoms with Gasteiger partial charge in [0.2, 0.25) is 0 Å². The number of hydrogen-bond acceptors (Lipinski definition) is 2. The third-order valence-corrected chi connectivity index (χ3v) is 4.95. The molecule has 0 bridgehead atoms. The van der Waals surface area contributed by atoms with Gasteiger partial charge >= 0.3 is 0 Å². The van der Waals surface area contributed by atoms with Crippen LogP contribution in [0.1, 0.15) is 56.0 Å². The minimum absolute atomic E-state index is 0.145. The van der Waals surface area contributed by atoms with E-state index in [9.17, 15) is 9.59 Å². The van der Waals surface area contributed by atoms with Gasteiger partial charge in [-0.3, -0.25) is 9.59 Å². The number of carbonyl (C=O) groups is 1. The second kappa shape index (κ2) is 7.10. The fourth-order valence-corrected chi connectivity index (χ4v) is 3.80. The molecule has 1 aromatic carbocycles. The predicted molar refractivity (Wildman–Crippen MR) is 105 cm³/mol. The summed E-state index contributed by atoms with van der Waals surface area (Å²) < 4.78 is 0. The fourth-order valence-electron chi connectivity index (χ4n) is 3.80. The standard InChI is InChI=1S/C22H28N2O2/c1-15-7-5-8-16(13-15)19-11-10-18(20(25)23-19)21(26)24-12-6-9-17(24)14-22(2,3)4/h5,7-8,10-11,13,17H,6,9,12,14H2,1-4H3,(H,23,25). The number of aromatic nitrogens is 1. The zero-order valence-corrected chi connectivity index (χ0v) is 16.1. The van der Waals surface area contributed by atoms with Crippen molar-refractivity contribution in [2.75, 3.05) is 6.54 Å². The minimum Gasteiger partial charge on any atom is -0.335 e. The summed E-state index contributed by atoms with van der Waals surface area (Å²) in [6, 6.07) is 11.7. The Hall–Kier alpha value is -2.36. The first-order valence-corrected chi connectivity index (χ1v) is 9.36. The van der Waals surface area contributed by atoms with Crippen molar-refractivity contribution in [3.63, 3.8) is 0 Å². The first kappa shape index (κ1) is 18.4. The third kappa shape index (κ3) is 4.06. The van der Waals surface area contributed by atoms with Gasteiger partial charge in [-0.25, -0.2) is 0 Å². The molecule has 1 aliphatic rings. The number of rotatable bonds is 3. The van der Waals surface area contributed by atoms with Crippen LogP contribution in [-0.2, 0) is 0 Å². The Bertz CT molecular complexity index is 861. The van der Waals surface area contributed by atoms with Crippen LogP contribution in [0.5, 0.6) is 0 Å². The second-order valence-corrected chi connectivity index (χ2v) is 8.54. The maximum atomic E-state index is 13.0. The summed E-state index contributed by atoms with van der Waals surface area (Å²) in [5, 5.41) is 0. The molecule has 3 rings (SSSR count). The van der Waals surface area contributed by atoms with Gasteiger partial charge < -0.3 is 9.88 Å². The minimum atomic E-state index is -0.310. The Morgan fingerprint density at radius 3 is 2.65 bits per heavy atom. The zero-order chi connectivity index (χ0) is 18.9. The lowest BCUT2D eigenvalue weighted by Gasteiger charge is -2.30. The highest BCUT2D eigenvalue weighted by Gasteiger charge is 2.33. The molecule has 1 N–H and O–H groups in total. The van der Waals surface area contributed by atoms with E-state index in [1.165, 1.54) is 0 Å². The highest BCUT2D eigenvalue weighted by Crippen LogP contribution is 2.30. The van der Waals surface area contributed by atoms with E-state index in [1.807, 2.05) is 42.2 Å². The third-order valence-electron chi connectivity index (χ3n) is 4.95. The van der Waals surface area contributed by atoms with Crippen molar-refractivity contribution >= 4 is 5.91 Å². The van der Waals surface area contributed by atoms with Crippen LogP contribution < -0.4 is 5.56 Å². The molecule has 1 unspecified atom stereocenters. The van der Waals surface area contributed by atoms with Crippen molar-refractivity contribution in [2.24, 2.45) is 5.41 Å². The van der Waals surface area contributed by atoms with Crippen LogP contribution in [0.4, 0.5) is 0 Å². The molecule has 1 saturated heterocycles. The summed E-state index contributed by atoms with van der Waals surface area (Å²) in [6.07, 6.45) is 2.98. The zero-order valence-electron chi connectivity index (χ0n) is 16.1. The van der Waals surface area contributed by atoms with Crippen LogP contribution in [0.15, 0.2) is 41.2 Å². The monoisotopic (exact) mass is 352 g/mol. The number of aromatic amines is 1.